The number of hydrogen-bond acceptors (Lipinski definition) is 5. The first-order valence-electron chi connectivity index (χ1n) is 7.13. The standard InChI is InChI=1S/C16H16ClN5O/c1-22-16(19-20-21-22)18-10-13-3-2-4-15(9-13)23-11-12-5-7-14(17)8-6-12/h2-9H,10-11H2,1H3,(H,18,19,21). The van der Waals surface area contributed by atoms with Gasteiger partial charge >= 0.3 is 0 Å². The van der Waals surface area contributed by atoms with E-state index in [9.17, 15) is 0 Å². The minimum atomic E-state index is 0.501. The summed E-state index contributed by atoms with van der Waals surface area (Å²) in [4.78, 5) is 0. The van der Waals surface area contributed by atoms with E-state index in [0.717, 1.165) is 21.9 Å². The lowest BCUT2D eigenvalue weighted by Crippen LogP contribution is -2.06. The second kappa shape index (κ2) is 7.11. The molecular formula is C16H16ClN5O. The lowest BCUT2D eigenvalue weighted by molar-refractivity contribution is 0.306. The van der Waals surface area contributed by atoms with Crippen LogP contribution in [0.25, 0.3) is 0 Å². The van der Waals surface area contributed by atoms with Gasteiger partial charge in [-0.15, -0.1) is 0 Å². The molecule has 23 heavy (non-hydrogen) atoms. The molecule has 6 nitrogen and oxygen atoms in total. The van der Waals surface area contributed by atoms with E-state index in [1.165, 1.54) is 0 Å². The zero-order chi connectivity index (χ0) is 16.1. The second-order valence-corrected chi connectivity index (χ2v) is 5.48. The first-order chi connectivity index (χ1) is 11.2. The van der Waals surface area contributed by atoms with Crippen molar-refractivity contribution in [2.24, 2.45) is 7.05 Å². The molecule has 2 aromatic carbocycles. The van der Waals surface area contributed by atoms with Gasteiger partial charge in [0.1, 0.15) is 12.4 Å². The lowest BCUT2D eigenvalue weighted by atomic mass is 10.2. The van der Waals surface area contributed by atoms with Crippen molar-refractivity contribution in [2.75, 3.05) is 5.32 Å². The maximum absolute atomic E-state index is 5.87. The molecule has 3 rings (SSSR count). The van der Waals surface area contributed by atoms with Crippen LogP contribution < -0.4 is 10.1 Å². The van der Waals surface area contributed by atoms with Crippen LogP contribution in [0.1, 0.15) is 11.1 Å². The minimum absolute atomic E-state index is 0.501. The van der Waals surface area contributed by atoms with Gasteiger partial charge in [-0.2, -0.15) is 0 Å². The molecule has 0 bridgehead atoms. The highest BCUT2D eigenvalue weighted by molar-refractivity contribution is 6.30. The molecule has 7 heteroatoms. The van der Waals surface area contributed by atoms with E-state index >= 15 is 0 Å². The molecule has 0 aliphatic heterocycles. The number of nitrogens with zero attached hydrogens (tertiary/aromatic N) is 4. The third-order valence-corrected chi connectivity index (χ3v) is 3.54. The highest BCUT2D eigenvalue weighted by atomic mass is 35.5. The fraction of sp³-hybridized carbons (Fsp3) is 0.188. The molecule has 0 saturated carbocycles. The molecule has 0 amide bonds. The van der Waals surface area contributed by atoms with Gasteiger partial charge < -0.3 is 10.1 Å². The van der Waals surface area contributed by atoms with Gasteiger partial charge in [-0.25, -0.2) is 4.68 Å². The van der Waals surface area contributed by atoms with E-state index in [4.69, 9.17) is 16.3 Å². The number of rotatable bonds is 6. The van der Waals surface area contributed by atoms with Gasteiger partial charge in [-0.05, 0) is 45.8 Å². The highest BCUT2D eigenvalue weighted by Gasteiger charge is 2.02. The summed E-state index contributed by atoms with van der Waals surface area (Å²) < 4.78 is 7.40. The number of halogens is 1. The van der Waals surface area contributed by atoms with Crippen molar-refractivity contribution in [3.05, 3.63) is 64.7 Å². The fourth-order valence-corrected chi connectivity index (χ4v) is 2.18. The van der Waals surface area contributed by atoms with Crippen molar-refractivity contribution in [1.82, 2.24) is 20.2 Å². The van der Waals surface area contributed by atoms with E-state index < -0.39 is 0 Å². The topological polar surface area (TPSA) is 64.9 Å². The van der Waals surface area contributed by atoms with E-state index in [-0.39, 0.29) is 0 Å². The van der Waals surface area contributed by atoms with Crippen LogP contribution in [-0.4, -0.2) is 20.2 Å². The summed E-state index contributed by atoms with van der Waals surface area (Å²) in [5, 5.41) is 15.1. The third kappa shape index (κ3) is 4.20. The molecule has 0 radical (unpaired) electrons. The summed E-state index contributed by atoms with van der Waals surface area (Å²) in [6, 6.07) is 15.5. The van der Waals surface area contributed by atoms with E-state index in [0.29, 0.717) is 19.1 Å². The van der Waals surface area contributed by atoms with Gasteiger partial charge in [0.25, 0.3) is 0 Å². The maximum atomic E-state index is 5.87. The average molecular weight is 330 g/mol. The number of tetrazole rings is 1. The Hall–Kier alpha value is -2.60. The Kier molecular flexibility index (Phi) is 4.73. The van der Waals surface area contributed by atoms with Crippen LogP contribution in [0.4, 0.5) is 5.95 Å². The monoisotopic (exact) mass is 329 g/mol. The summed E-state index contributed by atoms with van der Waals surface area (Å²) in [7, 11) is 1.79. The number of hydrogen-bond donors (Lipinski definition) is 1. The van der Waals surface area contributed by atoms with Gasteiger partial charge in [-0.1, -0.05) is 41.0 Å². The number of nitrogens with one attached hydrogen (secondary N) is 1. The molecule has 1 N–H and O–H groups in total. The van der Waals surface area contributed by atoms with Crippen LogP contribution in [-0.2, 0) is 20.2 Å². The second-order valence-electron chi connectivity index (χ2n) is 5.04. The van der Waals surface area contributed by atoms with E-state index in [2.05, 4.69) is 20.8 Å². The molecule has 1 aromatic heterocycles. The Morgan fingerprint density at radius 2 is 1.96 bits per heavy atom. The van der Waals surface area contributed by atoms with Crippen molar-refractivity contribution < 1.29 is 4.74 Å². The molecule has 3 aromatic rings. The summed E-state index contributed by atoms with van der Waals surface area (Å²) in [5.41, 5.74) is 2.16. The minimum Gasteiger partial charge on any atom is -0.489 e. The first kappa shape index (κ1) is 15.3. The largest absolute Gasteiger partial charge is 0.489 e. The third-order valence-electron chi connectivity index (χ3n) is 3.29. The van der Waals surface area contributed by atoms with Crippen molar-refractivity contribution in [2.45, 2.75) is 13.2 Å². The SMILES string of the molecule is Cn1nnnc1NCc1cccc(OCc2ccc(Cl)cc2)c1. The predicted octanol–water partition coefficient (Wildman–Crippen LogP) is 3.05. The Morgan fingerprint density at radius 1 is 1.13 bits per heavy atom. The zero-order valence-electron chi connectivity index (χ0n) is 12.6. The molecule has 0 saturated heterocycles. The number of aryl methyl sites for hydroxylation is 1. The van der Waals surface area contributed by atoms with Gasteiger partial charge in [0.05, 0.1) is 0 Å². The number of aromatic nitrogens is 4. The molecule has 0 aliphatic rings. The Bertz CT molecular complexity index is 772. The maximum Gasteiger partial charge on any atom is 0.242 e. The molecular weight excluding hydrogens is 314 g/mol. The molecule has 0 fully saturated rings. The van der Waals surface area contributed by atoms with Crippen LogP contribution in [0.5, 0.6) is 5.75 Å². The molecule has 0 atom stereocenters. The average Bonchev–Trinajstić information content (AvgIpc) is 2.98. The van der Waals surface area contributed by atoms with Gasteiger partial charge in [0, 0.05) is 18.6 Å². The number of benzene rings is 2. The Morgan fingerprint density at radius 3 is 2.70 bits per heavy atom. The van der Waals surface area contributed by atoms with Gasteiger partial charge in [-0.3, -0.25) is 0 Å². The number of anilines is 1. The molecule has 0 aliphatic carbocycles. The summed E-state index contributed by atoms with van der Waals surface area (Å²) in [6.07, 6.45) is 0. The molecule has 1 heterocycles. The normalized spacial score (nSPS) is 10.5. The lowest BCUT2D eigenvalue weighted by Gasteiger charge is -2.09. The van der Waals surface area contributed by atoms with Crippen LogP contribution in [0, 0.1) is 0 Å². The van der Waals surface area contributed by atoms with E-state index in [1.807, 2.05) is 48.5 Å². The van der Waals surface area contributed by atoms with Crippen molar-refractivity contribution >= 4 is 17.5 Å². The zero-order valence-corrected chi connectivity index (χ0v) is 13.4. The first-order valence-corrected chi connectivity index (χ1v) is 7.51. The van der Waals surface area contributed by atoms with Crippen LogP contribution in [0.15, 0.2) is 48.5 Å². The summed E-state index contributed by atoms with van der Waals surface area (Å²) in [6.45, 7) is 1.12. The summed E-state index contributed by atoms with van der Waals surface area (Å²) in [5.74, 6) is 1.44. The molecule has 118 valence electrons. The fourth-order valence-electron chi connectivity index (χ4n) is 2.05. The van der Waals surface area contributed by atoms with Crippen LogP contribution in [0.3, 0.4) is 0 Å². The Balaban J connectivity index is 1.58. The predicted molar refractivity (Wildman–Crippen MR) is 88.4 cm³/mol. The quantitative estimate of drug-likeness (QED) is 0.753. The Labute approximate surface area is 139 Å². The van der Waals surface area contributed by atoms with Crippen LogP contribution >= 0.6 is 11.6 Å². The van der Waals surface area contributed by atoms with Crippen molar-refractivity contribution in [1.29, 1.82) is 0 Å². The number of ether oxygens (including phenoxy) is 1. The van der Waals surface area contributed by atoms with E-state index in [1.54, 1.807) is 11.7 Å². The molecule has 0 spiro atoms. The highest BCUT2D eigenvalue weighted by Crippen LogP contribution is 2.17. The van der Waals surface area contributed by atoms with Gasteiger partial charge in [0.2, 0.25) is 5.95 Å². The summed E-state index contributed by atoms with van der Waals surface area (Å²) >= 11 is 5.87. The van der Waals surface area contributed by atoms with Crippen molar-refractivity contribution in [3.63, 3.8) is 0 Å². The van der Waals surface area contributed by atoms with Crippen molar-refractivity contribution in [3.8, 4) is 5.75 Å². The van der Waals surface area contributed by atoms with Gasteiger partial charge in [0.15, 0.2) is 0 Å². The molecule has 0 unspecified atom stereocenters. The van der Waals surface area contributed by atoms with Crippen LogP contribution in [0.2, 0.25) is 5.02 Å². The smallest absolute Gasteiger partial charge is 0.242 e.